The first kappa shape index (κ1) is 13.2. The number of benzene rings is 2. The van der Waals surface area contributed by atoms with Gasteiger partial charge in [-0.1, -0.05) is 29.8 Å². The summed E-state index contributed by atoms with van der Waals surface area (Å²) in [6, 6.07) is 11.4. The molecule has 4 heteroatoms. The minimum atomic E-state index is -0.129. The lowest BCUT2D eigenvalue weighted by atomic mass is 10.1. The third-order valence-corrected chi connectivity index (χ3v) is 3.87. The molecule has 1 aliphatic rings. The molecule has 3 nitrogen and oxygen atoms in total. The highest BCUT2D eigenvalue weighted by atomic mass is 35.5. The fourth-order valence-corrected chi connectivity index (χ4v) is 2.68. The molecule has 102 valence electrons. The zero-order valence-corrected chi connectivity index (χ0v) is 11.9. The molecule has 0 saturated heterocycles. The van der Waals surface area contributed by atoms with E-state index in [1.165, 1.54) is 11.1 Å². The van der Waals surface area contributed by atoms with Crippen molar-refractivity contribution in [3.05, 3.63) is 63.7 Å². The van der Waals surface area contributed by atoms with E-state index in [1.54, 1.807) is 6.07 Å². The van der Waals surface area contributed by atoms with Crippen LogP contribution in [-0.4, -0.2) is 5.91 Å². The van der Waals surface area contributed by atoms with E-state index in [9.17, 15) is 4.79 Å². The second-order valence-corrected chi connectivity index (χ2v) is 5.38. The van der Waals surface area contributed by atoms with Crippen LogP contribution in [0.15, 0.2) is 36.4 Å². The van der Waals surface area contributed by atoms with Crippen molar-refractivity contribution < 1.29 is 4.79 Å². The zero-order chi connectivity index (χ0) is 14.1. The van der Waals surface area contributed by atoms with Crippen LogP contribution in [0.2, 0.25) is 5.02 Å². The second kappa shape index (κ2) is 5.27. The summed E-state index contributed by atoms with van der Waals surface area (Å²) in [6.45, 7) is 3.62. The minimum Gasteiger partial charge on any atom is -0.320 e. The SMILES string of the molecule is Cc1cccc(Cl)c1NC(=O)c1ccc2c(c1)CNC2. The van der Waals surface area contributed by atoms with E-state index in [0.717, 1.165) is 18.7 Å². The molecule has 1 amide bonds. The molecule has 2 aromatic rings. The van der Waals surface area contributed by atoms with Crippen molar-refractivity contribution in [2.45, 2.75) is 20.0 Å². The van der Waals surface area contributed by atoms with E-state index in [4.69, 9.17) is 11.6 Å². The lowest BCUT2D eigenvalue weighted by Crippen LogP contribution is -2.13. The number of anilines is 1. The molecule has 0 radical (unpaired) electrons. The molecule has 2 N–H and O–H groups in total. The van der Waals surface area contributed by atoms with Crippen LogP contribution in [0.5, 0.6) is 0 Å². The summed E-state index contributed by atoms with van der Waals surface area (Å²) in [5.41, 5.74) is 4.74. The molecular weight excluding hydrogens is 272 g/mol. The van der Waals surface area contributed by atoms with Gasteiger partial charge in [-0.05, 0) is 41.8 Å². The highest BCUT2D eigenvalue weighted by Crippen LogP contribution is 2.26. The Bertz CT molecular complexity index is 662. The molecule has 0 aromatic heterocycles. The molecule has 3 rings (SSSR count). The number of nitrogens with one attached hydrogen (secondary N) is 2. The van der Waals surface area contributed by atoms with E-state index in [-0.39, 0.29) is 5.91 Å². The van der Waals surface area contributed by atoms with Crippen molar-refractivity contribution in [3.63, 3.8) is 0 Å². The summed E-state index contributed by atoms with van der Waals surface area (Å²) in [5.74, 6) is -0.129. The van der Waals surface area contributed by atoms with E-state index in [1.807, 2.05) is 37.3 Å². The Labute approximate surface area is 123 Å². The molecule has 0 fully saturated rings. The average molecular weight is 287 g/mol. The van der Waals surface area contributed by atoms with Crippen molar-refractivity contribution in [2.24, 2.45) is 0 Å². The van der Waals surface area contributed by atoms with E-state index < -0.39 is 0 Å². The maximum absolute atomic E-state index is 12.3. The van der Waals surface area contributed by atoms with Gasteiger partial charge >= 0.3 is 0 Å². The van der Waals surface area contributed by atoms with Gasteiger partial charge in [0.15, 0.2) is 0 Å². The van der Waals surface area contributed by atoms with Crippen LogP contribution in [0.1, 0.15) is 27.0 Å². The third kappa shape index (κ3) is 2.42. The Morgan fingerprint density at radius 2 is 2.00 bits per heavy atom. The van der Waals surface area contributed by atoms with Gasteiger partial charge in [0, 0.05) is 18.7 Å². The first-order valence-corrected chi connectivity index (χ1v) is 6.92. The molecule has 0 atom stereocenters. The Morgan fingerprint density at radius 1 is 1.20 bits per heavy atom. The van der Waals surface area contributed by atoms with Crippen molar-refractivity contribution >= 4 is 23.2 Å². The van der Waals surface area contributed by atoms with Gasteiger partial charge in [0.05, 0.1) is 10.7 Å². The van der Waals surface area contributed by atoms with Gasteiger partial charge < -0.3 is 10.6 Å². The van der Waals surface area contributed by atoms with Crippen molar-refractivity contribution in [1.82, 2.24) is 5.32 Å². The van der Waals surface area contributed by atoms with E-state index >= 15 is 0 Å². The molecule has 1 aliphatic heterocycles. The fourth-order valence-electron chi connectivity index (χ4n) is 2.41. The summed E-state index contributed by atoms with van der Waals surface area (Å²) in [5, 5.41) is 6.72. The van der Waals surface area contributed by atoms with Gasteiger partial charge in [-0.2, -0.15) is 0 Å². The van der Waals surface area contributed by atoms with Crippen LogP contribution in [0.3, 0.4) is 0 Å². The Morgan fingerprint density at radius 3 is 2.80 bits per heavy atom. The molecule has 1 heterocycles. The normalized spacial score (nSPS) is 13.1. The highest BCUT2D eigenvalue weighted by molar-refractivity contribution is 6.34. The van der Waals surface area contributed by atoms with Gasteiger partial charge in [-0.3, -0.25) is 4.79 Å². The Kier molecular flexibility index (Phi) is 3.47. The van der Waals surface area contributed by atoms with Gasteiger partial charge in [-0.15, -0.1) is 0 Å². The maximum atomic E-state index is 12.3. The number of halogens is 1. The number of aryl methyl sites for hydroxylation is 1. The largest absolute Gasteiger partial charge is 0.320 e. The van der Waals surface area contributed by atoms with Crippen LogP contribution in [0.25, 0.3) is 0 Å². The molecule has 0 saturated carbocycles. The number of amides is 1. The van der Waals surface area contributed by atoms with Crippen LogP contribution >= 0.6 is 11.6 Å². The number of para-hydroxylation sites is 1. The van der Waals surface area contributed by atoms with Crippen LogP contribution < -0.4 is 10.6 Å². The lowest BCUT2D eigenvalue weighted by Gasteiger charge is -2.11. The molecule has 0 spiro atoms. The van der Waals surface area contributed by atoms with Crippen molar-refractivity contribution in [3.8, 4) is 0 Å². The summed E-state index contributed by atoms with van der Waals surface area (Å²) in [6.07, 6.45) is 0. The number of hydrogen-bond donors (Lipinski definition) is 2. The van der Waals surface area contributed by atoms with Crippen LogP contribution in [-0.2, 0) is 13.1 Å². The summed E-state index contributed by atoms with van der Waals surface area (Å²) in [7, 11) is 0. The number of rotatable bonds is 2. The van der Waals surface area contributed by atoms with Crippen LogP contribution in [0.4, 0.5) is 5.69 Å². The molecule has 0 bridgehead atoms. The topological polar surface area (TPSA) is 41.1 Å². The first-order chi connectivity index (χ1) is 9.65. The third-order valence-electron chi connectivity index (χ3n) is 3.56. The molecular formula is C16H15ClN2O. The monoisotopic (exact) mass is 286 g/mol. The molecule has 0 aliphatic carbocycles. The first-order valence-electron chi connectivity index (χ1n) is 6.54. The molecule has 0 unspecified atom stereocenters. The molecule has 2 aromatic carbocycles. The maximum Gasteiger partial charge on any atom is 0.255 e. The van der Waals surface area contributed by atoms with Crippen LogP contribution in [0, 0.1) is 6.92 Å². The Hall–Kier alpha value is -1.84. The number of carbonyl (C=O) groups is 1. The van der Waals surface area contributed by atoms with Crippen molar-refractivity contribution in [1.29, 1.82) is 0 Å². The predicted molar refractivity (Wildman–Crippen MR) is 81.1 cm³/mol. The fraction of sp³-hybridized carbons (Fsp3) is 0.188. The number of carbonyl (C=O) groups excluding carboxylic acids is 1. The van der Waals surface area contributed by atoms with Gasteiger partial charge in [0.25, 0.3) is 5.91 Å². The summed E-state index contributed by atoms with van der Waals surface area (Å²) in [4.78, 5) is 12.3. The number of fused-ring (bicyclic) bond motifs is 1. The van der Waals surface area contributed by atoms with E-state index in [2.05, 4.69) is 10.6 Å². The molecule has 20 heavy (non-hydrogen) atoms. The average Bonchev–Trinajstić information content (AvgIpc) is 2.90. The second-order valence-electron chi connectivity index (χ2n) is 4.97. The van der Waals surface area contributed by atoms with E-state index in [0.29, 0.717) is 16.3 Å². The summed E-state index contributed by atoms with van der Waals surface area (Å²) < 4.78 is 0. The predicted octanol–water partition coefficient (Wildman–Crippen LogP) is 3.50. The van der Waals surface area contributed by atoms with Crippen molar-refractivity contribution in [2.75, 3.05) is 5.32 Å². The number of hydrogen-bond acceptors (Lipinski definition) is 2. The summed E-state index contributed by atoms with van der Waals surface area (Å²) >= 11 is 6.13. The van der Waals surface area contributed by atoms with Gasteiger partial charge in [-0.25, -0.2) is 0 Å². The quantitative estimate of drug-likeness (QED) is 0.887. The smallest absolute Gasteiger partial charge is 0.255 e. The Balaban J connectivity index is 1.86. The highest BCUT2D eigenvalue weighted by Gasteiger charge is 2.15. The minimum absolute atomic E-state index is 0.129. The standard InChI is InChI=1S/C16H15ClN2O/c1-10-3-2-4-14(17)15(10)19-16(20)11-5-6-12-8-18-9-13(12)7-11/h2-7,18H,8-9H2,1H3,(H,19,20). The van der Waals surface area contributed by atoms with Gasteiger partial charge in [0.1, 0.15) is 0 Å². The zero-order valence-electron chi connectivity index (χ0n) is 11.2. The van der Waals surface area contributed by atoms with Gasteiger partial charge in [0.2, 0.25) is 0 Å². The lowest BCUT2D eigenvalue weighted by molar-refractivity contribution is 0.102.